The third-order valence-electron chi connectivity index (χ3n) is 3.06. The van der Waals surface area contributed by atoms with Crippen LogP contribution in [0.3, 0.4) is 0 Å². The van der Waals surface area contributed by atoms with Crippen LogP contribution in [0.4, 0.5) is 4.39 Å². The van der Waals surface area contributed by atoms with E-state index >= 15 is 0 Å². The number of hydrogen-bond acceptors (Lipinski definition) is 1. The number of aromatic amines is 1. The summed E-state index contributed by atoms with van der Waals surface area (Å²) in [5.41, 5.74) is 1.37. The third kappa shape index (κ3) is 2.31. The quantitative estimate of drug-likeness (QED) is 0.603. The molecular formula is C15H8Br2FNO. The van der Waals surface area contributed by atoms with Crippen LogP contribution >= 0.6 is 31.9 Å². The highest BCUT2D eigenvalue weighted by molar-refractivity contribution is 9.10. The second kappa shape index (κ2) is 5.14. The molecule has 3 rings (SSSR count). The van der Waals surface area contributed by atoms with E-state index in [0.717, 1.165) is 15.4 Å². The topological polar surface area (TPSA) is 32.9 Å². The molecule has 0 saturated heterocycles. The highest BCUT2D eigenvalue weighted by atomic mass is 79.9. The van der Waals surface area contributed by atoms with Gasteiger partial charge in [0.05, 0.1) is 5.56 Å². The fraction of sp³-hybridized carbons (Fsp3) is 0. The number of nitrogens with one attached hydrogen (secondary N) is 1. The number of aromatic nitrogens is 1. The highest BCUT2D eigenvalue weighted by Gasteiger charge is 2.17. The maximum atomic E-state index is 13.9. The molecule has 1 heterocycles. The van der Waals surface area contributed by atoms with Gasteiger partial charge in [0.2, 0.25) is 0 Å². The summed E-state index contributed by atoms with van der Waals surface area (Å²) in [5.74, 6) is -0.862. The third-order valence-corrected chi connectivity index (χ3v) is 4.05. The smallest absolute Gasteiger partial charge is 0.198 e. The largest absolute Gasteiger partial charge is 0.360 e. The molecule has 0 bridgehead atoms. The summed E-state index contributed by atoms with van der Waals surface area (Å²) < 4.78 is 15.4. The minimum Gasteiger partial charge on any atom is -0.360 e. The van der Waals surface area contributed by atoms with Gasteiger partial charge in [0.15, 0.2) is 5.78 Å². The van der Waals surface area contributed by atoms with Gasteiger partial charge in [-0.2, -0.15) is 0 Å². The second-order valence-electron chi connectivity index (χ2n) is 4.35. The Kier molecular flexibility index (Phi) is 3.48. The zero-order chi connectivity index (χ0) is 14.3. The summed E-state index contributed by atoms with van der Waals surface area (Å²) in [6.07, 6.45) is 1.61. The number of carbonyl (C=O) groups excluding carboxylic acids is 1. The van der Waals surface area contributed by atoms with Crippen molar-refractivity contribution in [3.8, 4) is 0 Å². The lowest BCUT2D eigenvalue weighted by molar-refractivity contribution is 0.103. The van der Waals surface area contributed by atoms with Crippen LogP contribution in [0.25, 0.3) is 10.9 Å². The molecule has 0 fully saturated rings. The highest BCUT2D eigenvalue weighted by Crippen LogP contribution is 2.25. The molecule has 0 spiro atoms. The zero-order valence-electron chi connectivity index (χ0n) is 10.1. The summed E-state index contributed by atoms with van der Waals surface area (Å²) >= 11 is 6.55. The Morgan fingerprint density at radius 2 is 1.70 bits per heavy atom. The van der Waals surface area contributed by atoms with Crippen molar-refractivity contribution < 1.29 is 9.18 Å². The van der Waals surface area contributed by atoms with Crippen LogP contribution in [0.2, 0.25) is 0 Å². The molecule has 3 aromatic rings. The lowest BCUT2D eigenvalue weighted by atomic mass is 10.0. The Balaban J connectivity index is 2.13. The van der Waals surface area contributed by atoms with Gasteiger partial charge in [-0.15, -0.1) is 0 Å². The predicted molar refractivity (Wildman–Crippen MR) is 83.5 cm³/mol. The minimum absolute atomic E-state index is 0.0667. The lowest BCUT2D eigenvalue weighted by Gasteiger charge is -2.02. The van der Waals surface area contributed by atoms with E-state index in [0.29, 0.717) is 10.0 Å². The van der Waals surface area contributed by atoms with Crippen LogP contribution in [0.5, 0.6) is 0 Å². The zero-order valence-corrected chi connectivity index (χ0v) is 13.3. The molecule has 0 aliphatic heterocycles. The lowest BCUT2D eigenvalue weighted by Crippen LogP contribution is -2.03. The average molecular weight is 397 g/mol. The maximum absolute atomic E-state index is 13.9. The number of fused-ring (bicyclic) bond motifs is 1. The number of halogens is 3. The molecule has 100 valence electrons. The Bertz CT molecular complexity index is 826. The van der Waals surface area contributed by atoms with Crippen LogP contribution in [0.15, 0.2) is 51.5 Å². The van der Waals surface area contributed by atoms with E-state index in [1.807, 2.05) is 18.2 Å². The molecule has 0 atom stereocenters. The molecule has 1 N–H and O–H groups in total. The number of H-pyrrole nitrogens is 1. The Hall–Kier alpha value is -1.46. The standard InChI is InChI=1S/C15H8Br2FNO/c16-8-2-4-11(13(18)5-8)15(20)12-7-19-14-6-9(17)1-3-10(12)14/h1-7,19H. The van der Waals surface area contributed by atoms with E-state index < -0.39 is 5.82 Å². The molecule has 0 aliphatic rings. The Morgan fingerprint density at radius 3 is 2.45 bits per heavy atom. The van der Waals surface area contributed by atoms with E-state index in [2.05, 4.69) is 36.8 Å². The molecule has 0 saturated carbocycles. The van der Waals surface area contributed by atoms with Crippen molar-refractivity contribution in [1.82, 2.24) is 4.98 Å². The van der Waals surface area contributed by atoms with Crippen molar-refractivity contribution in [3.05, 3.63) is 68.5 Å². The predicted octanol–water partition coefficient (Wildman–Crippen LogP) is 5.06. The van der Waals surface area contributed by atoms with Crippen LogP contribution in [-0.2, 0) is 0 Å². The van der Waals surface area contributed by atoms with Crippen molar-refractivity contribution in [1.29, 1.82) is 0 Å². The van der Waals surface area contributed by atoms with E-state index in [1.54, 1.807) is 12.3 Å². The summed E-state index contributed by atoms with van der Waals surface area (Å²) in [5, 5.41) is 0.778. The van der Waals surface area contributed by atoms with Gasteiger partial charge in [-0.25, -0.2) is 4.39 Å². The first-order valence-corrected chi connectivity index (χ1v) is 7.41. The maximum Gasteiger partial charge on any atom is 0.198 e. The van der Waals surface area contributed by atoms with Crippen molar-refractivity contribution in [3.63, 3.8) is 0 Å². The molecule has 0 radical (unpaired) electrons. The van der Waals surface area contributed by atoms with Gasteiger partial charge in [0.1, 0.15) is 5.82 Å². The normalized spacial score (nSPS) is 10.9. The van der Waals surface area contributed by atoms with Crippen LogP contribution in [0, 0.1) is 5.82 Å². The van der Waals surface area contributed by atoms with E-state index in [9.17, 15) is 9.18 Å². The molecular weight excluding hydrogens is 389 g/mol. The van der Waals surface area contributed by atoms with Gasteiger partial charge in [-0.3, -0.25) is 4.79 Å². The Morgan fingerprint density at radius 1 is 1.00 bits per heavy atom. The molecule has 0 unspecified atom stereocenters. The van der Waals surface area contributed by atoms with E-state index in [1.165, 1.54) is 12.1 Å². The monoisotopic (exact) mass is 395 g/mol. The van der Waals surface area contributed by atoms with Crippen LogP contribution in [0.1, 0.15) is 15.9 Å². The van der Waals surface area contributed by atoms with Crippen molar-refractivity contribution in [2.45, 2.75) is 0 Å². The van der Waals surface area contributed by atoms with Crippen molar-refractivity contribution in [2.24, 2.45) is 0 Å². The number of benzene rings is 2. The number of rotatable bonds is 2. The van der Waals surface area contributed by atoms with E-state index in [-0.39, 0.29) is 11.3 Å². The number of ketones is 1. The van der Waals surface area contributed by atoms with Gasteiger partial charge in [0.25, 0.3) is 0 Å². The summed E-state index contributed by atoms with van der Waals surface area (Å²) in [6, 6.07) is 9.99. The van der Waals surface area contributed by atoms with Crippen molar-refractivity contribution in [2.75, 3.05) is 0 Å². The molecule has 1 aromatic heterocycles. The van der Waals surface area contributed by atoms with Gasteiger partial charge < -0.3 is 4.98 Å². The first-order chi connectivity index (χ1) is 9.56. The van der Waals surface area contributed by atoms with Crippen LogP contribution < -0.4 is 0 Å². The molecule has 0 amide bonds. The summed E-state index contributed by atoms with van der Waals surface area (Å²) in [7, 11) is 0. The fourth-order valence-corrected chi connectivity index (χ4v) is 2.80. The first kappa shape index (κ1) is 13.5. The number of hydrogen-bond donors (Lipinski definition) is 1. The van der Waals surface area contributed by atoms with Gasteiger partial charge in [-0.1, -0.05) is 37.9 Å². The SMILES string of the molecule is O=C(c1ccc(Br)cc1F)c1c[nH]c2cc(Br)ccc12. The van der Waals surface area contributed by atoms with Crippen molar-refractivity contribution >= 4 is 48.5 Å². The number of carbonyl (C=O) groups is 1. The molecule has 0 aliphatic carbocycles. The van der Waals surface area contributed by atoms with Crippen LogP contribution in [-0.4, -0.2) is 10.8 Å². The van der Waals surface area contributed by atoms with E-state index in [4.69, 9.17) is 0 Å². The molecule has 20 heavy (non-hydrogen) atoms. The second-order valence-corrected chi connectivity index (χ2v) is 6.18. The first-order valence-electron chi connectivity index (χ1n) is 5.82. The minimum atomic E-state index is -0.532. The molecule has 5 heteroatoms. The van der Waals surface area contributed by atoms with Gasteiger partial charge in [-0.05, 0) is 30.3 Å². The van der Waals surface area contributed by atoms with Gasteiger partial charge in [0, 0.05) is 31.6 Å². The van der Waals surface area contributed by atoms with Gasteiger partial charge >= 0.3 is 0 Å². The average Bonchev–Trinajstić information content (AvgIpc) is 2.80. The summed E-state index contributed by atoms with van der Waals surface area (Å²) in [4.78, 5) is 15.5. The molecule has 2 nitrogen and oxygen atoms in total. The fourth-order valence-electron chi connectivity index (χ4n) is 2.10. The Labute approximate surface area is 131 Å². The molecule has 2 aromatic carbocycles. The summed E-state index contributed by atoms with van der Waals surface area (Å²) in [6.45, 7) is 0.